The number of halogens is 1. The highest BCUT2D eigenvalue weighted by atomic mass is 35.5. The van der Waals surface area contributed by atoms with Gasteiger partial charge in [0.05, 0.1) is 16.5 Å². The monoisotopic (exact) mass is 447 g/mol. The minimum absolute atomic E-state index is 0.212. The number of hydrogen-bond acceptors (Lipinski definition) is 4. The zero-order valence-electron chi connectivity index (χ0n) is 16.5. The van der Waals surface area contributed by atoms with Crippen LogP contribution in [0.5, 0.6) is 5.75 Å². The van der Waals surface area contributed by atoms with Crippen LogP contribution in [0.2, 0.25) is 5.02 Å². The third-order valence-corrected chi connectivity index (χ3v) is 7.46. The Hall–Kier alpha value is -2.55. The Labute approximate surface area is 180 Å². The lowest BCUT2D eigenvalue weighted by Gasteiger charge is -2.33. The number of benzene rings is 2. The van der Waals surface area contributed by atoms with E-state index in [-0.39, 0.29) is 23.9 Å². The molecule has 158 valence electrons. The van der Waals surface area contributed by atoms with Crippen molar-refractivity contribution in [3.05, 3.63) is 59.2 Å². The summed E-state index contributed by atoms with van der Waals surface area (Å²) in [5.41, 5.74) is 1.13. The summed E-state index contributed by atoms with van der Waals surface area (Å²) < 4.78 is 32.6. The molecule has 0 spiro atoms. The molecule has 1 N–H and O–H groups in total. The van der Waals surface area contributed by atoms with Crippen LogP contribution >= 0.6 is 11.6 Å². The number of ether oxygens (including phenoxy) is 1. The average Bonchev–Trinajstić information content (AvgIpc) is 3.11. The molecule has 1 amide bonds. The Bertz CT molecular complexity index is 1170. The maximum absolute atomic E-state index is 12.9. The summed E-state index contributed by atoms with van der Waals surface area (Å²) in [6, 6.07) is 13.8. The molecule has 1 aliphatic heterocycles. The summed E-state index contributed by atoms with van der Waals surface area (Å²) in [5, 5.41) is 1.18. The number of nitrogens with zero attached hydrogens (tertiary/aromatic N) is 2. The Morgan fingerprint density at radius 3 is 2.37 bits per heavy atom. The molecule has 0 saturated carbocycles. The Kier molecular flexibility index (Phi) is 5.73. The molecule has 30 heavy (non-hydrogen) atoms. The van der Waals surface area contributed by atoms with Crippen molar-refractivity contribution < 1.29 is 17.9 Å². The summed E-state index contributed by atoms with van der Waals surface area (Å²) in [5.74, 6) is 0.399. The standard InChI is InChI=1S/C21H22ClN3O4S/c1-2-29-15-7-9-16(10-8-15)30(27,28)25-13-11-24(12-14-25)21(26)20-19(22)17-5-3-4-6-18(17)23-20/h3-10,23H,2,11-14H2,1H3. The number of H-pyrrole nitrogens is 1. The second-order valence-electron chi connectivity index (χ2n) is 6.96. The number of fused-ring (bicyclic) bond motifs is 1. The number of aromatic nitrogens is 1. The number of piperazine rings is 1. The van der Waals surface area contributed by atoms with Crippen LogP contribution < -0.4 is 4.74 Å². The average molecular weight is 448 g/mol. The molecule has 0 unspecified atom stereocenters. The number of amides is 1. The number of nitrogens with one attached hydrogen (secondary N) is 1. The smallest absolute Gasteiger partial charge is 0.271 e. The largest absolute Gasteiger partial charge is 0.494 e. The normalized spacial score (nSPS) is 15.5. The Balaban J connectivity index is 1.46. The predicted molar refractivity (Wildman–Crippen MR) is 116 cm³/mol. The third kappa shape index (κ3) is 3.78. The minimum Gasteiger partial charge on any atom is -0.494 e. The van der Waals surface area contributed by atoms with Crippen molar-refractivity contribution in [2.45, 2.75) is 11.8 Å². The number of para-hydroxylation sites is 1. The molecule has 1 aromatic heterocycles. The van der Waals surface area contributed by atoms with E-state index < -0.39 is 10.0 Å². The highest BCUT2D eigenvalue weighted by molar-refractivity contribution is 7.89. The van der Waals surface area contributed by atoms with Gasteiger partial charge in [0.2, 0.25) is 10.0 Å². The van der Waals surface area contributed by atoms with Gasteiger partial charge in [0, 0.05) is 37.1 Å². The Morgan fingerprint density at radius 1 is 1.07 bits per heavy atom. The van der Waals surface area contributed by atoms with Crippen molar-refractivity contribution >= 4 is 38.4 Å². The van der Waals surface area contributed by atoms with Gasteiger partial charge in [-0.25, -0.2) is 8.42 Å². The molecule has 1 aliphatic rings. The van der Waals surface area contributed by atoms with E-state index in [9.17, 15) is 13.2 Å². The summed E-state index contributed by atoms with van der Waals surface area (Å²) >= 11 is 6.39. The molecule has 2 aromatic carbocycles. The fourth-order valence-corrected chi connectivity index (χ4v) is 5.28. The van der Waals surface area contributed by atoms with E-state index >= 15 is 0 Å². The lowest BCUT2D eigenvalue weighted by molar-refractivity contribution is 0.0693. The van der Waals surface area contributed by atoms with Gasteiger partial charge in [-0.05, 0) is 37.3 Å². The van der Waals surface area contributed by atoms with Gasteiger partial charge < -0.3 is 14.6 Å². The van der Waals surface area contributed by atoms with E-state index in [2.05, 4.69) is 4.98 Å². The van der Waals surface area contributed by atoms with Gasteiger partial charge in [0.15, 0.2) is 0 Å². The third-order valence-electron chi connectivity index (χ3n) is 5.15. The first-order valence-corrected chi connectivity index (χ1v) is 11.5. The molecule has 1 saturated heterocycles. The number of hydrogen-bond donors (Lipinski definition) is 1. The fraction of sp³-hybridized carbons (Fsp3) is 0.286. The molecule has 2 heterocycles. The van der Waals surface area contributed by atoms with Crippen LogP contribution in [0.4, 0.5) is 0 Å². The second kappa shape index (κ2) is 8.29. The van der Waals surface area contributed by atoms with Crippen LogP contribution in [-0.4, -0.2) is 61.3 Å². The van der Waals surface area contributed by atoms with Gasteiger partial charge in [0.25, 0.3) is 5.91 Å². The van der Waals surface area contributed by atoms with Crippen LogP contribution in [0.25, 0.3) is 10.9 Å². The minimum atomic E-state index is -3.63. The molecular formula is C21H22ClN3O4S. The van der Waals surface area contributed by atoms with Crippen molar-refractivity contribution in [2.24, 2.45) is 0 Å². The summed E-state index contributed by atoms with van der Waals surface area (Å²) in [6.45, 7) is 3.41. The summed E-state index contributed by atoms with van der Waals surface area (Å²) in [7, 11) is -3.63. The van der Waals surface area contributed by atoms with E-state index in [1.807, 2.05) is 31.2 Å². The maximum Gasteiger partial charge on any atom is 0.271 e. The van der Waals surface area contributed by atoms with Crippen LogP contribution in [0.1, 0.15) is 17.4 Å². The van der Waals surface area contributed by atoms with Gasteiger partial charge in [-0.2, -0.15) is 4.31 Å². The number of rotatable bonds is 5. The first kappa shape index (κ1) is 20.7. The maximum atomic E-state index is 12.9. The van der Waals surface area contributed by atoms with Crippen molar-refractivity contribution in [2.75, 3.05) is 32.8 Å². The van der Waals surface area contributed by atoms with E-state index in [4.69, 9.17) is 16.3 Å². The number of carbonyl (C=O) groups excluding carboxylic acids is 1. The van der Waals surface area contributed by atoms with Gasteiger partial charge in [0.1, 0.15) is 11.4 Å². The van der Waals surface area contributed by atoms with E-state index in [0.717, 1.165) is 10.9 Å². The lowest BCUT2D eigenvalue weighted by atomic mass is 10.2. The van der Waals surface area contributed by atoms with Crippen molar-refractivity contribution in [1.82, 2.24) is 14.2 Å². The van der Waals surface area contributed by atoms with Crippen LogP contribution in [0.3, 0.4) is 0 Å². The van der Waals surface area contributed by atoms with Gasteiger partial charge in [-0.3, -0.25) is 4.79 Å². The first-order chi connectivity index (χ1) is 14.4. The van der Waals surface area contributed by atoms with Crippen LogP contribution in [0, 0.1) is 0 Å². The van der Waals surface area contributed by atoms with Gasteiger partial charge >= 0.3 is 0 Å². The zero-order valence-corrected chi connectivity index (χ0v) is 18.0. The molecule has 0 aliphatic carbocycles. The molecule has 7 nitrogen and oxygen atoms in total. The lowest BCUT2D eigenvalue weighted by Crippen LogP contribution is -2.50. The fourth-order valence-electron chi connectivity index (χ4n) is 3.57. The second-order valence-corrected chi connectivity index (χ2v) is 9.28. The van der Waals surface area contributed by atoms with Crippen LogP contribution in [-0.2, 0) is 10.0 Å². The highest BCUT2D eigenvalue weighted by Crippen LogP contribution is 2.28. The first-order valence-electron chi connectivity index (χ1n) is 9.70. The van der Waals surface area contributed by atoms with E-state index in [1.165, 1.54) is 4.31 Å². The summed E-state index contributed by atoms with van der Waals surface area (Å²) in [6.07, 6.45) is 0. The Morgan fingerprint density at radius 2 is 1.73 bits per heavy atom. The highest BCUT2D eigenvalue weighted by Gasteiger charge is 2.31. The van der Waals surface area contributed by atoms with Crippen LogP contribution in [0.15, 0.2) is 53.4 Å². The molecule has 0 atom stereocenters. The molecule has 9 heteroatoms. The molecule has 3 aromatic rings. The number of sulfonamides is 1. The van der Waals surface area contributed by atoms with Gasteiger partial charge in [-0.1, -0.05) is 29.8 Å². The molecule has 0 bridgehead atoms. The SMILES string of the molecule is CCOc1ccc(S(=O)(=O)N2CCN(C(=O)c3[nH]c4ccccc4c3Cl)CC2)cc1. The van der Waals surface area contributed by atoms with Gasteiger partial charge in [-0.15, -0.1) is 0 Å². The quantitative estimate of drug-likeness (QED) is 0.650. The zero-order chi connectivity index (χ0) is 21.3. The van der Waals surface area contributed by atoms with E-state index in [1.54, 1.807) is 29.2 Å². The molecular weight excluding hydrogens is 426 g/mol. The number of aromatic amines is 1. The van der Waals surface area contributed by atoms with Crippen molar-refractivity contribution in [1.29, 1.82) is 0 Å². The molecule has 1 fully saturated rings. The number of carbonyl (C=O) groups is 1. The van der Waals surface area contributed by atoms with Crippen molar-refractivity contribution in [3.8, 4) is 5.75 Å². The topological polar surface area (TPSA) is 82.7 Å². The van der Waals surface area contributed by atoms with Crippen molar-refractivity contribution in [3.63, 3.8) is 0 Å². The predicted octanol–water partition coefficient (Wildman–Crippen LogP) is 3.37. The van der Waals surface area contributed by atoms with E-state index in [0.29, 0.717) is 36.2 Å². The molecule has 0 radical (unpaired) electrons. The molecule has 4 rings (SSSR count). The summed E-state index contributed by atoms with van der Waals surface area (Å²) in [4.78, 5) is 17.9.